The predicted molar refractivity (Wildman–Crippen MR) is 165 cm³/mol. The van der Waals surface area contributed by atoms with Crippen LogP contribution in [0.5, 0.6) is 23.1 Å². The Morgan fingerprint density at radius 1 is 0.930 bits per heavy atom. The number of nitrogens with one attached hydrogen (secondary N) is 2. The molecule has 43 heavy (non-hydrogen) atoms. The molecule has 1 aromatic heterocycles. The summed E-state index contributed by atoms with van der Waals surface area (Å²) in [5.74, 6) is 0.258. The minimum absolute atomic E-state index is 0.0430. The van der Waals surface area contributed by atoms with E-state index >= 15 is 4.39 Å². The molecule has 0 spiro atoms. The van der Waals surface area contributed by atoms with Crippen LogP contribution in [0.3, 0.4) is 0 Å². The first-order valence-electron chi connectivity index (χ1n) is 13.9. The van der Waals surface area contributed by atoms with Crippen LogP contribution in [0.25, 0.3) is 0 Å². The first-order chi connectivity index (χ1) is 20.8. The largest absolute Gasteiger partial charge is 0.493 e. The predicted octanol–water partition coefficient (Wildman–Crippen LogP) is 5.79. The molecule has 0 unspecified atom stereocenters. The Morgan fingerprint density at radius 3 is 2.21 bits per heavy atom. The molecule has 3 aromatic carbocycles. The average molecular weight is 587 g/mol. The number of likely N-dealkylation sites (N-methyl/N-ethyl adjacent to an activating group) is 1. The number of aryl methyl sites for hydroxylation is 2. The second kappa shape index (κ2) is 13.0. The molecule has 1 amide bonds. The molecule has 11 heteroatoms. The smallest absolute Gasteiger partial charge is 0.262 e. The molecule has 224 valence electrons. The van der Waals surface area contributed by atoms with Crippen LogP contribution in [0.15, 0.2) is 60.8 Å². The zero-order chi connectivity index (χ0) is 30.5. The fraction of sp³-hybridized carbons (Fsp3) is 0.281. The van der Waals surface area contributed by atoms with Crippen molar-refractivity contribution in [1.82, 2.24) is 14.9 Å². The average Bonchev–Trinajstić information content (AvgIpc) is 3.00. The highest BCUT2D eigenvalue weighted by Gasteiger charge is 2.23. The number of hydrogen-bond acceptors (Lipinski definition) is 9. The van der Waals surface area contributed by atoms with Crippen molar-refractivity contribution in [1.29, 1.82) is 0 Å². The van der Waals surface area contributed by atoms with Gasteiger partial charge in [0.1, 0.15) is 11.4 Å². The highest BCUT2D eigenvalue weighted by Crippen LogP contribution is 2.40. The second-order valence-electron chi connectivity index (χ2n) is 10.3. The quantitative estimate of drug-likeness (QED) is 0.252. The van der Waals surface area contributed by atoms with Crippen LogP contribution in [-0.2, 0) is 0 Å². The van der Waals surface area contributed by atoms with E-state index in [2.05, 4.69) is 32.5 Å². The molecule has 2 heterocycles. The number of carbonyl (C=O) groups is 1. The van der Waals surface area contributed by atoms with Gasteiger partial charge in [0, 0.05) is 43.8 Å². The number of rotatable bonds is 9. The van der Waals surface area contributed by atoms with Gasteiger partial charge in [-0.3, -0.25) is 4.79 Å². The van der Waals surface area contributed by atoms with Gasteiger partial charge in [-0.05, 0) is 62.4 Å². The standard InChI is InChI=1S/C32H35FN6O4/c1-20-8-6-9-21(2)28(20)36-30(40)23-19-34-32(37-31(23)43-29-26(41-4)10-7-11-27(29)42-5)35-22-12-13-25(24(33)18-22)39-16-14-38(3)15-17-39/h6-13,18-19H,14-17H2,1-5H3,(H,36,40)(H,34,35,37). The maximum absolute atomic E-state index is 15.2. The fourth-order valence-electron chi connectivity index (χ4n) is 4.88. The van der Waals surface area contributed by atoms with E-state index in [0.29, 0.717) is 28.6 Å². The van der Waals surface area contributed by atoms with Gasteiger partial charge in [-0.1, -0.05) is 24.3 Å². The van der Waals surface area contributed by atoms with Gasteiger partial charge in [0.25, 0.3) is 5.91 Å². The van der Waals surface area contributed by atoms with Gasteiger partial charge < -0.3 is 34.6 Å². The molecule has 0 radical (unpaired) electrons. The molecular weight excluding hydrogens is 551 g/mol. The number of hydrogen-bond donors (Lipinski definition) is 2. The van der Waals surface area contributed by atoms with Gasteiger partial charge >= 0.3 is 0 Å². The number of ether oxygens (including phenoxy) is 3. The van der Waals surface area contributed by atoms with Gasteiger partial charge in [-0.2, -0.15) is 4.98 Å². The lowest BCUT2D eigenvalue weighted by molar-refractivity contribution is 0.102. The lowest BCUT2D eigenvalue weighted by atomic mass is 10.1. The van der Waals surface area contributed by atoms with Gasteiger partial charge in [0.2, 0.25) is 17.6 Å². The fourth-order valence-corrected chi connectivity index (χ4v) is 4.88. The third-order valence-electron chi connectivity index (χ3n) is 7.35. The molecule has 1 aliphatic rings. The summed E-state index contributed by atoms with van der Waals surface area (Å²) in [4.78, 5) is 26.7. The van der Waals surface area contributed by atoms with Crippen LogP contribution >= 0.6 is 0 Å². The van der Waals surface area contributed by atoms with Gasteiger partial charge in [-0.25, -0.2) is 9.37 Å². The van der Waals surface area contributed by atoms with Gasteiger partial charge in [-0.15, -0.1) is 0 Å². The lowest BCUT2D eigenvalue weighted by Crippen LogP contribution is -2.44. The molecule has 5 rings (SSSR count). The molecule has 0 saturated carbocycles. The molecule has 1 saturated heterocycles. The van der Waals surface area contributed by atoms with E-state index in [0.717, 1.165) is 37.3 Å². The normalized spacial score (nSPS) is 13.4. The molecule has 1 aliphatic heterocycles. The van der Waals surface area contributed by atoms with E-state index in [4.69, 9.17) is 14.2 Å². The van der Waals surface area contributed by atoms with E-state index in [1.165, 1.54) is 26.5 Å². The molecule has 0 atom stereocenters. The highest BCUT2D eigenvalue weighted by atomic mass is 19.1. The SMILES string of the molecule is COc1cccc(OC)c1Oc1nc(Nc2ccc(N3CCN(C)CC3)c(F)c2)ncc1C(=O)Nc1c(C)cccc1C. The first-order valence-corrected chi connectivity index (χ1v) is 13.9. The summed E-state index contributed by atoms with van der Waals surface area (Å²) < 4.78 is 32.3. The number of halogens is 1. The van der Waals surface area contributed by atoms with Crippen LogP contribution < -0.4 is 29.7 Å². The zero-order valence-corrected chi connectivity index (χ0v) is 24.9. The Balaban J connectivity index is 1.47. The number of methoxy groups -OCH3 is 2. The maximum Gasteiger partial charge on any atom is 0.262 e. The van der Waals surface area contributed by atoms with Crippen molar-refractivity contribution in [2.24, 2.45) is 0 Å². The summed E-state index contributed by atoms with van der Waals surface area (Å²) in [6, 6.07) is 15.8. The number of piperazine rings is 1. The number of anilines is 4. The summed E-state index contributed by atoms with van der Waals surface area (Å²) in [7, 11) is 5.06. The molecule has 10 nitrogen and oxygen atoms in total. The Labute approximate surface area is 250 Å². The third-order valence-corrected chi connectivity index (χ3v) is 7.35. The topological polar surface area (TPSA) is 101 Å². The van der Waals surface area contributed by atoms with Crippen LogP contribution in [0, 0.1) is 19.7 Å². The third kappa shape index (κ3) is 6.62. The summed E-state index contributed by atoms with van der Waals surface area (Å²) in [5, 5.41) is 5.99. The number of carbonyl (C=O) groups excluding carboxylic acids is 1. The minimum Gasteiger partial charge on any atom is -0.493 e. The van der Waals surface area contributed by atoms with Crippen molar-refractivity contribution >= 4 is 28.9 Å². The molecule has 0 aliphatic carbocycles. The van der Waals surface area contributed by atoms with Crippen LogP contribution in [0.2, 0.25) is 0 Å². The highest BCUT2D eigenvalue weighted by molar-refractivity contribution is 6.06. The van der Waals surface area contributed by atoms with Crippen LogP contribution in [-0.4, -0.2) is 68.2 Å². The summed E-state index contributed by atoms with van der Waals surface area (Å²) in [6.45, 7) is 7.07. The van der Waals surface area contributed by atoms with Crippen molar-refractivity contribution in [2.75, 3.05) is 63.0 Å². The van der Waals surface area contributed by atoms with Crippen molar-refractivity contribution in [2.45, 2.75) is 13.8 Å². The number of benzene rings is 3. The number of para-hydroxylation sites is 2. The van der Waals surface area contributed by atoms with E-state index < -0.39 is 5.91 Å². The van der Waals surface area contributed by atoms with Gasteiger partial charge in [0.15, 0.2) is 11.5 Å². The minimum atomic E-state index is -0.463. The molecule has 0 bridgehead atoms. The second-order valence-corrected chi connectivity index (χ2v) is 10.3. The molecule has 1 fully saturated rings. The maximum atomic E-state index is 15.2. The zero-order valence-electron chi connectivity index (χ0n) is 24.9. The van der Waals surface area contributed by atoms with E-state index in [1.54, 1.807) is 30.3 Å². The monoisotopic (exact) mass is 586 g/mol. The van der Waals surface area contributed by atoms with Crippen LogP contribution in [0.4, 0.5) is 27.4 Å². The molecular formula is C32H35FN6O4. The van der Waals surface area contributed by atoms with Crippen molar-refractivity contribution in [3.63, 3.8) is 0 Å². The number of amides is 1. The van der Waals surface area contributed by atoms with E-state index in [-0.39, 0.29) is 29.0 Å². The Morgan fingerprint density at radius 2 is 1.58 bits per heavy atom. The van der Waals surface area contributed by atoms with Crippen molar-refractivity contribution in [3.05, 3.63) is 83.3 Å². The van der Waals surface area contributed by atoms with Gasteiger partial charge in [0.05, 0.1) is 19.9 Å². The molecule has 4 aromatic rings. The summed E-state index contributed by atoms with van der Waals surface area (Å²) in [5.41, 5.74) is 3.57. The molecule has 2 N–H and O–H groups in total. The van der Waals surface area contributed by atoms with E-state index in [9.17, 15) is 4.79 Å². The Bertz CT molecular complexity index is 1580. The lowest BCUT2D eigenvalue weighted by Gasteiger charge is -2.34. The number of aromatic nitrogens is 2. The Hall–Kier alpha value is -4.90. The van der Waals surface area contributed by atoms with Crippen molar-refractivity contribution in [3.8, 4) is 23.1 Å². The Kier molecular flexibility index (Phi) is 8.91. The van der Waals surface area contributed by atoms with Crippen LogP contribution in [0.1, 0.15) is 21.5 Å². The number of nitrogens with zero attached hydrogens (tertiary/aromatic N) is 4. The first kappa shape index (κ1) is 29.6. The van der Waals surface area contributed by atoms with Crippen molar-refractivity contribution < 1.29 is 23.4 Å². The van der Waals surface area contributed by atoms with E-state index in [1.807, 2.05) is 36.9 Å². The summed E-state index contributed by atoms with van der Waals surface area (Å²) in [6.07, 6.45) is 1.37. The summed E-state index contributed by atoms with van der Waals surface area (Å²) >= 11 is 0.